The molecule has 0 aliphatic rings. The highest BCUT2D eigenvalue weighted by Crippen LogP contribution is 2.31. The fraction of sp³-hybridized carbons (Fsp3) is 0.100. The van der Waals surface area contributed by atoms with Crippen molar-refractivity contribution in [1.82, 2.24) is 9.78 Å². The van der Waals surface area contributed by atoms with E-state index in [1.807, 2.05) is 0 Å². The number of benzene rings is 1. The molecule has 0 saturated heterocycles. The number of hydrogen-bond acceptors (Lipinski definition) is 1. The second-order valence-corrected chi connectivity index (χ2v) is 4.15. The van der Waals surface area contributed by atoms with E-state index in [0.717, 1.165) is 10.7 Å². The summed E-state index contributed by atoms with van der Waals surface area (Å²) in [6, 6.07) is 4.12. The molecule has 0 bridgehead atoms. The summed E-state index contributed by atoms with van der Waals surface area (Å²) in [4.78, 5) is 0. The summed E-state index contributed by atoms with van der Waals surface area (Å²) in [5.74, 6) is -0.769. The van der Waals surface area contributed by atoms with Crippen LogP contribution >= 0.6 is 23.2 Å². The van der Waals surface area contributed by atoms with E-state index in [0.29, 0.717) is 6.07 Å². The van der Waals surface area contributed by atoms with E-state index < -0.39 is 17.7 Å². The molecule has 0 atom stereocenters. The topological polar surface area (TPSA) is 17.8 Å². The highest BCUT2D eigenvalue weighted by atomic mass is 35.5. The number of nitrogens with zero attached hydrogens (tertiary/aromatic N) is 2. The highest BCUT2D eigenvalue weighted by molar-refractivity contribution is 6.31. The average molecular weight is 299 g/mol. The molecule has 0 aliphatic carbocycles. The van der Waals surface area contributed by atoms with E-state index in [1.165, 1.54) is 12.1 Å². The molecule has 0 saturated carbocycles. The summed E-state index contributed by atoms with van der Waals surface area (Å²) >= 11 is 11.1. The van der Waals surface area contributed by atoms with E-state index in [-0.39, 0.29) is 15.9 Å². The van der Waals surface area contributed by atoms with Gasteiger partial charge in [0.05, 0.1) is 10.7 Å². The summed E-state index contributed by atoms with van der Waals surface area (Å²) in [5.41, 5.74) is -1.10. The minimum atomic E-state index is -4.61. The van der Waals surface area contributed by atoms with Crippen LogP contribution < -0.4 is 0 Å². The van der Waals surface area contributed by atoms with Crippen molar-refractivity contribution < 1.29 is 17.6 Å². The quantitative estimate of drug-likeness (QED) is 0.716. The first-order chi connectivity index (χ1) is 8.29. The van der Waals surface area contributed by atoms with Gasteiger partial charge in [0.15, 0.2) is 5.69 Å². The van der Waals surface area contributed by atoms with Crippen LogP contribution in [0.1, 0.15) is 5.69 Å². The van der Waals surface area contributed by atoms with E-state index >= 15 is 0 Å². The van der Waals surface area contributed by atoms with Gasteiger partial charge in [0.25, 0.3) is 0 Å². The second-order valence-electron chi connectivity index (χ2n) is 3.36. The monoisotopic (exact) mass is 298 g/mol. The molecule has 18 heavy (non-hydrogen) atoms. The Balaban J connectivity index is 2.51. The number of aromatic nitrogens is 2. The minimum Gasteiger partial charge on any atom is -0.222 e. The first kappa shape index (κ1) is 13.2. The second kappa shape index (κ2) is 4.44. The zero-order valence-electron chi connectivity index (χ0n) is 8.47. The number of alkyl halides is 3. The number of halogens is 6. The van der Waals surface area contributed by atoms with Crippen LogP contribution in [0.15, 0.2) is 24.3 Å². The Morgan fingerprint density at radius 1 is 1.11 bits per heavy atom. The van der Waals surface area contributed by atoms with Crippen molar-refractivity contribution in [3.8, 4) is 5.69 Å². The van der Waals surface area contributed by atoms with Gasteiger partial charge in [-0.3, -0.25) is 0 Å². The lowest BCUT2D eigenvalue weighted by Gasteiger charge is -2.04. The van der Waals surface area contributed by atoms with Gasteiger partial charge >= 0.3 is 6.18 Å². The van der Waals surface area contributed by atoms with Crippen LogP contribution in [0.3, 0.4) is 0 Å². The normalized spacial score (nSPS) is 11.9. The van der Waals surface area contributed by atoms with Gasteiger partial charge in [0, 0.05) is 12.1 Å². The summed E-state index contributed by atoms with van der Waals surface area (Å²) in [6.45, 7) is 0. The van der Waals surface area contributed by atoms with Crippen molar-refractivity contribution in [1.29, 1.82) is 0 Å². The highest BCUT2D eigenvalue weighted by Gasteiger charge is 2.35. The minimum absolute atomic E-state index is 0.0531. The summed E-state index contributed by atoms with van der Waals surface area (Å²) in [7, 11) is 0. The van der Waals surface area contributed by atoms with Crippen molar-refractivity contribution in [3.63, 3.8) is 0 Å². The standard InChI is InChI=1S/C10H4Cl2F4N2/c11-6-2-1-5(3-7(6)13)18-9(12)4-8(17-18)10(14,15)16/h1-4H. The fourth-order valence-corrected chi connectivity index (χ4v) is 1.65. The van der Waals surface area contributed by atoms with Crippen molar-refractivity contribution in [2.24, 2.45) is 0 Å². The summed E-state index contributed by atoms with van der Waals surface area (Å²) in [6.07, 6.45) is -4.61. The van der Waals surface area contributed by atoms with Crippen LogP contribution in [-0.2, 0) is 6.18 Å². The predicted molar refractivity (Wildman–Crippen MR) is 58.5 cm³/mol. The van der Waals surface area contributed by atoms with Crippen LogP contribution in [0, 0.1) is 5.82 Å². The molecule has 1 aromatic carbocycles. The van der Waals surface area contributed by atoms with Crippen molar-refractivity contribution >= 4 is 23.2 Å². The van der Waals surface area contributed by atoms with E-state index in [9.17, 15) is 17.6 Å². The van der Waals surface area contributed by atoms with Gasteiger partial charge in [0.1, 0.15) is 11.0 Å². The van der Waals surface area contributed by atoms with Gasteiger partial charge in [0.2, 0.25) is 0 Å². The molecular formula is C10H4Cl2F4N2. The molecule has 0 amide bonds. The van der Waals surface area contributed by atoms with Crippen LogP contribution in [0.4, 0.5) is 17.6 Å². The zero-order chi connectivity index (χ0) is 13.5. The molecule has 0 radical (unpaired) electrons. The van der Waals surface area contributed by atoms with Gasteiger partial charge in [-0.2, -0.15) is 18.3 Å². The van der Waals surface area contributed by atoms with Gasteiger partial charge in [-0.25, -0.2) is 9.07 Å². The Kier molecular flexibility index (Phi) is 3.25. The Morgan fingerprint density at radius 3 is 2.28 bits per heavy atom. The maximum Gasteiger partial charge on any atom is 0.435 e. The van der Waals surface area contributed by atoms with Crippen LogP contribution in [0.25, 0.3) is 5.69 Å². The van der Waals surface area contributed by atoms with Gasteiger partial charge in [-0.15, -0.1) is 0 Å². The lowest BCUT2D eigenvalue weighted by Crippen LogP contribution is -2.07. The van der Waals surface area contributed by atoms with Crippen molar-refractivity contribution in [3.05, 3.63) is 46.0 Å². The average Bonchev–Trinajstić information content (AvgIpc) is 2.64. The van der Waals surface area contributed by atoms with Gasteiger partial charge in [-0.1, -0.05) is 23.2 Å². The maximum absolute atomic E-state index is 13.2. The van der Waals surface area contributed by atoms with E-state index in [4.69, 9.17) is 23.2 Å². The Hall–Kier alpha value is -1.27. The Bertz CT molecular complexity index is 592. The Labute approximate surface area is 109 Å². The zero-order valence-corrected chi connectivity index (χ0v) is 9.98. The van der Waals surface area contributed by atoms with Crippen molar-refractivity contribution in [2.45, 2.75) is 6.18 Å². The molecule has 96 valence electrons. The van der Waals surface area contributed by atoms with Gasteiger partial charge in [-0.05, 0) is 12.1 Å². The number of hydrogen-bond donors (Lipinski definition) is 0. The molecular weight excluding hydrogens is 295 g/mol. The third-order valence-electron chi connectivity index (χ3n) is 2.10. The van der Waals surface area contributed by atoms with E-state index in [2.05, 4.69) is 5.10 Å². The molecule has 0 unspecified atom stereocenters. The molecule has 2 rings (SSSR count). The van der Waals surface area contributed by atoms with Crippen molar-refractivity contribution in [2.75, 3.05) is 0 Å². The fourth-order valence-electron chi connectivity index (χ4n) is 1.29. The Morgan fingerprint density at radius 2 is 1.78 bits per heavy atom. The third kappa shape index (κ3) is 2.44. The molecule has 0 aliphatic heterocycles. The predicted octanol–water partition coefficient (Wildman–Crippen LogP) is 4.34. The van der Waals surface area contributed by atoms with Crippen LogP contribution in [0.5, 0.6) is 0 Å². The molecule has 0 fully saturated rings. The molecule has 2 aromatic rings. The molecule has 0 spiro atoms. The number of rotatable bonds is 1. The summed E-state index contributed by atoms with van der Waals surface area (Å²) < 4.78 is 51.2. The lowest BCUT2D eigenvalue weighted by molar-refractivity contribution is -0.141. The first-order valence-corrected chi connectivity index (χ1v) is 5.33. The molecule has 0 N–H and O–H groups in total. The first-order valence-electron chi connectivity index (χ1n) is 4.57. The van der Waals surface area contributed by atoms with E-state index in [1.54, 1.807) is 0 Å². The largest absolute Gasteiger partial charge is 0.435 e. The SMILES string of the molecule is Fc1cc(-n2nc(C(F)(F)F)cc2Cl)ccc1Cl. The van der Waals surface area contributed by atoms with Crippen LogP contribution in [0.2, 0.25) is 10.2 Å². The molecule has 1 aromatic heterocycles. The summed E-state index contributed by atoms with van der Waals surface area (Å²) in [5, 5.41) is 2.86. The van der Waals surface area contributed by atoms with Crippen LogP contribution in [-0.4, -0.2) is 9.78 Å². The molecule has 1 heterocycles. The third-order valence-corrected chi connectivity index (χ3v) is 2.68. The lowest BCUT2D eigenvalue weighted by atomic mass is 10.3. The van der Waals surface area contributed by atoms with Gasteiger partial charge < -0.3 is 0 Å². The smallest absolute Gasteiger partial charge is 0.222 e. The maximum atomic E-state index is 13.2. The molecule has 2 nitrogen and oxygen atoms in total. The molecule has 8 heteroatoms.